The van der Waals surface area contributed by atoms with Crippen molar-refractivity contribution in [1.29, 1.82) is 0 Å². The van der Waals surface area contributed by atoms with Crippen LogP contribution in [0.1, 0.15) is 74.8 Å². The standard InChI is InChI=1S/C33H46N2O4/c1-23-19-27(13-16-32(23)39-3)25-9-7-24(8-10-25)21-35(33(37)26-11-14-30(36)15-12-26)29-6-4-5-28(20-29)34-18-17-31(22-34)38-2/h4-6,13,16,19-20,24-26,30-31,36H,7-12,14-15,17-18,21-22H2,1-3H3/t24-,25-,26-,30-,31?. The topological polar surface area (TPSA) is 62.2 Å². The van der Waals surface area contributed by atoms with Crippen LogP contribution in [0.3, 0.4) is 0 Å². The van der Waals surface area contributed by atoms with E-state index in [0.717, 1.165) is 88.9 Å². The number of benzene rings is 2. The van der Waals surface area contributed by atoms with Gasteiger partial charge in [0, 0.05) is 44.0 Å². The predicted molar refractivity (Wildman–Crippen MR) is 157 cm³/mol. The number of methoxy groups -OCH3 is 2. The van der Waals surface area contributed by atoms with Crippen LogP contribution in [0.25, 0.3) is 0 Å². The van der Waals surface area contributed by atoms with Gasteiger partial charge < -0.3 is 24.4 Å². The maximum Gasteiger partial charge on any atom is 0.230 e. The molecule has 212 valence electrons. The largest absolute Gasteiger partial charge is 0.496 e. The molecule has 3 fully saturated rings. The molecule has 1 N–H and O–H groups in total. The number of aryl methyl sites for hydroxylation is 1. The van der Waals surface area contributed by atoms with E-state index in [1.54, 1.807) is 14.2 Å². The molecule has 0 spiro atoms. The van der Waals surface area contributed by atoms with E-state index < -0.39 is 0 Å². The first-order valence-corrected chi connectivity index (χ1v) is 15.0. The monoisotopic (exact) mass is 534 g/mol. The summed E-state index contributed by atoms with van der Waals surface area (Å²) in [5, 5.41) is 10.0. The van der Waals surface area contributed by atoms with Gasteiger partial charge in [0.2, 0.25) is 5.91 Å². The fourth-order valence-electron chi connectivity index (χ4n) is 6.97. The Balaban J connectivity index is 1.30. The molecule has 2 aromatic rings. The molecule has 1 heterocycles. The Labute approximate surface area is 234 Å². The molecule has 6 heteroatoms. The van der Waals surface area contributed by atoms with Gasteiger partial charge in [0.25, 0.3) is 0 Å². The molecule has 6 nitrogen and oxygen atoms in total. The Kier molecular flexibility index (Phi) is 9.13. The van der Waals surface area contributed by atoms with Gasteiger partial charge in [-0.3, -0.25) is 4.79 Å². The Morgan fingerprint density at radius 1 is 0.974 bits per heavy atom. The van der Waals surface area contributed by atoms with Gasteiger partial charge in [-0.05, 0) is 112 Å². The number of ether oxygens (including phenoxy) is 2. The van der Waals surface area contributed by atoms with Gasteiger partial charge in [-0.2, -0.15) is 0 Å². The van der Waals surface area contributed by atoms with Crippen molar-refractivity contribution in [2.45, 2.75) is 82.8 Å². The van der Waals surface area contributed by atoms with E-state index in [1.165, 1.54) is 16.8 Å². The highest BCUT2D eigenvalue weighted by molar-refractivity contribution is 5.95. The quantitative estimate of drug-likeness (QED) is 0.444. The van der Waals surface area contributed by atoms with Crippen LogP contribution in [0.15, 0.2) is 42.5 Å². The van der Waals surface area contributed by atoms with Crippen molar-refractivity contribution < 1.29 is 19.4 Å². The summed E-state index contributed by atoms with van der Waals surface area (Å²) in [6, 6.07) is 15.2. The maximum absolute atomic E-state index is 14.0. The average Bonchev–Trinajstić information content (AvgIpc) is 3.46. The van der Waals surface area contributed by atoms with Crippen LogP contribution >= 0.6 is 0 Å². The number of amides is 1. The SMILES string of the molecule is COc1ccc([C@H]2CC[C@H](CN(c3cccc(N4CCC(OC)C4)c3)C(=O)[C@H]3CC[C@H](O)CC3)CC2)cc1C. The van der Waals surface area contributed by atoms with E-state index in [0.29, 0.717) is 11.8 Å². The molecule has 1 unspecified atom stereocenters. The first kappa shape index (κ1) is 28.0. The Hall–Kier alpha value is -2.57. The van der Waals surface area contributed by atoms with E-state index >= 15 is 0 Å². The molecule has 1 amide bonds. The lowest BCUT2D eigenvalue weighted by Gasteiger charge is -2.36. The van der Waals surface area contributed by atoms with Crippen LogP contribution in [-0.2, 0) is 9.53 Å². The van der Waals surface area contributed by atoms with Gasteiger partial charge in [-0.15, -0.1) is 0 Å². The molecule has 3 aliphatic rings. The number of aliphatic hydroxyl groups is 1. The van der Waals surface area contributed by atoms with E-state index in [1.807, 2.05) is 0 Å². The number of aliphatic hydroxyl groups excluding tert-OH is 1. The minimum Gasteiger partial charge on any atom is -0.496 e. The van der Waals surface area contributed by atoms with Gasteiger partial charge in [0.15, 0.2) is 0 Å². The van der Waals surface area contributed by atoms with Crippen LogP contribution in [-0.4, -0.2) is 57.1 Å². The van der Waals surface area contributed by atoms with Gasteiger partial charge in [0.1, 0.15) is 5.75 Å². The lowest BCUT2D eigenvalue weighted by atomic mass is 9.78. The zero-order valence-electron chi connectivity index (χ0n) is 24.0. The van der Waals surface area contributed by atoms with E-state index in [9.17, 15) is 9.90 Å². The van der Waals surface area contributed by atoms with Crippen LogP contribution in [0.2, 0.25) is 0 Å². The molecule has 1 aliphatic heterocycles. The first-order chi connectivity index (χ1) is 18.9. The predicted octanol–water partition coefficient (Wildman–Crippen LogP) is 6.09. The first-order valence-electron chi connectivity index (χ1n) is 15.0. The molecule has 5 rings (SSSR count). The molecule has 2 aromatic carbocycles. The van der Waals surface area contributed by atoms with Crippen LogP contribution in [0, 0.1) is 18.8 Å². The summed E-state index contributed by atoms with van der Waals surface area (Å²) in [4.78, 5) is 18.5. The van der Waals surface area contributed by atoms with Gasteiger partial charge in [-0.25, -0.2) is 0 Å². The molecule has 0 bridgehead atoms. The maximum atomic E-state index is 14.0. The lowest BCUT2D eigenvalue weighted by Crippen LogP contribution is -2.42. The Morgan fingerprint density at radius 3 is 2.41 bits per heavy atom. The van der Waals surface area contributed by atoms with Crippen molar-refractivity contribution in [3.63, 3.8) is 0 Å². The zero-order valence-corrected chi connectivity index (χ0v) is 24.0. The summed E-state index contributed by atoms with van der Waals surface area (Å²) in [5.41, 5.74) is 4.79. The fourth-order valence-corrected chi connectivity index (χ4v) is 6.97. The molecule has 39 heavy (non-hydrogen) atoms. The smallest absolute Gasteiger partial charge is 0.230 e. The summed E-state index contributed by atoms with van der Waals surface area (Å²) in [5.74, 6) is 2.25. The summed E-state index contributed by atoms with van der Waals surface area (Å²) in [7, 11) is 3.52. The molecule has 1 saturated heterocycles. The van der Waals surface area contributed by atoms with E-state index in [2.05, 4.69) is 59.2 Å². The van der Waals surface area contributed by atoms with Crippen molar-refractivity contribution in [3.8, 4) is 5.75 Å². The molecule has 2 aliphatic carbocycles. The third kappa shape index (κ3) is 6.60. The van der Waals surface area contributed by atoms with Crippen LogP contribution in [0.5, 0.6) is 5.75 Å². The number of anilines is 2. The highest BCUT2D eigenvalue weighted by Crippen LogP contribution is 2.39. The second kappa shape index (κ2) is 12.7. The summed E-state index contributed by atoms with van der Waals surface area (Å²) in [6.07, 6.45) is 8.62. The number of rotatable bonds is 8. The van der Waals surface area contributed by atoms with Gasteiger partial charge in [-0.1, -0.05) is 18.2 Å². The Bertz CT molecular complexity index is 1100. The second-order valence-electron chi connectivity index (χ2n) is 12.0. The van der Waals surface area contributed by atoms with Crippen molar-refractivity contribution in [3.05, 3.63) is 53.6 Å². The summed E-state index contributed by atoms with van der Waals surface area (Å²) < 4.78 is 11.1. The van der Waals surface area contributed by atoms with Crippen LogP contribution < -0.4 is 14.5 Å². The normalized spacial score (nSPS) is 27.4. The molecule has 1 atom stereocenters. The van der Waals surface area contributed by atoms with E-state index in [4.69, 9.17) is 9.47 Å². The fraction of sp³-hybridized carbons (Fsp3) is 0.606. The molecule has 0 radical (unpaired) electrons. The number of nitrogens with zero attached hydrogens (tertiary/aromatic N) is 2. The minimum atomic E-state index is -0.258. The van der Waals surface area contributed by atoms with Crippen molar-refractivity contribution in [2.75, 3.05) is 43.7 Å². The summed E-state index contributed by atoms with van der Waals surface area (Å²) >= 11 is 0. The van der Waals surface area contributed by atoms with Crippen molar-refractivity contribution in [1.82, 2.24) is 0 Å². The highest BCUT2D eigenvalue weighted by Gasteiger charge is 2.33. The van der Waals surface area contributed by atoms with E-state index in [-0.39, 0.29) is 24.0 Å². The van der Waals surface area contributed by atoms with Crippen molar-refractivity contribution in [2.24, 2.45) is 11.8 Å². The summed E-state index contributed by atoms with van der Waals surface area (Å²) in [6.45, 7) is 4.76. The van der Waals surface area contributed by atoms with Gasteiger partial charge >= 0.3 is 0 Å². The van der Waals surface area contributed by atoms with Gasteiger partial charge in [0.05, 0.1) is 19.3 Å². The lowest BCUT2D eigenvalue weighted by molar-refractivity contribution is -0.124. The van der Waals surface area contributed by atoms with Crippen molar-refractivity contribution >= 4 is 17.3 Å². The third-order valence-electron chi connectivity index (χ3n) is 9.47. The molecular formula is C33H46N2O4. The number of hydrogen-bond acceptors (Lipinski definition) is 5. The average molecular weight is 535 g/mol. The molecule has 0 aromatic heterocycles. The van der Waals surface area contributed by atoms with Crippen LogP contribution in [0.4, 0.5) is 11.4 Å². The number of hydrogen-bond donors (Lipinski definition) is 1. The second-order valence-corrected chi connectivity index (χ2v) is 12.0. The Morgan fingerprint density at radius 2 is 1.74 bits per heavy atom. The molecular weight excluding hydrogens is 488 g/mol. The highest BCUT2D eigenvalue weighted by atomic mass is 16.5. The molecule has 2 saturated carbocycles. The number of carbonyl (C=O) groups excluding carboxylic acids is 1. The zero-order chi connectivity index (χ0) is 27.4. The third-order valence-corrected chi connectivity index (χ3v) is 9.47. The minimum absolute atomic E-state index is 0.000304. The number of carbonyl (C=O) groups is 1.